The van der Waals surface area contributed by atoms with Gasteiger partial charge in [-0.1, -0.05) is 24.3 Å². The zero-order valence-electron chi connectivity index (χ0n) is 30.5. The maximum atomic E-state index is 13.8. The molecule has 0 spiro atoms. The molecule has 16 heteroatoms. The van der Waals surface area contributed by atoms with E-state index in [0.29, 0.717) is 17.7 Å². The van der Waals surface area contributed by atoms with Crippen molar-refractivity contribution >= 4 is 64.0 Å². The Hall–Kier alpha value is -5.10. The number of anilines is 1. The van der Waals surface area contributed by atoms with Crippen LogP contribution < -0.4 is 9.64 Å². The van der Waals surface area contributed by atoms with Crippen molar-refractivity contribution in [3.63, 3.8) is 0 Å². The van der Waals surface area contributed by atoms with Gasteiger partial charge in [0.25, 0.3) is 0 Å². The number of methoxy groups -OCH3 is 1. The van der Waals surface area contributed by atoms with Crippen LogP contribution >= 0.6 is 22.6 Å². The second kappa shape index (κ2) is 18.0. The molecule has 8 atom stereocenters. The van der Waals surface area contributed by atoms with E-state index in [1.54, 1.807) is 41.3 Å². The lowest BCUT2D eigenvalue weighted by molar-refractivity contribution is -0.282. The molecule has 2 aliphatic rings. The summed E-state index contributed by atoms with van der Waals surface area (Å²) in [5, 5.41) is 0. The normalized spacial score (nSPS) is 23.7. The minimum Gasteiger partial charge on any atom is -0.467 e. The molecule has 0 aliphatic carbocycles. The smallest absolute Gasteiger partial charge is 0.339 e. The first kappa shape index (κ1) is 41.1. The van der Waals surface area contributed by atoms with Gasteiger partial charge in [0.05, 0.1) is 19.1 Å². The number of carbonyl (C=O) groups excluding carboxylic acids is 6. The summed E-state index contributed by atoms with van der Waals surface area (Å²) in [5.41, 5.74) is 2.00. The van der Waals surface area contributed by atoms with Gasteiger partial charge in [0.15, 0.2) is 18.3 Å². The second-order valence-electron chi connectivity index (χ2n) is 12.8. The van der Waals surface area contributed by atoms with E-state index >= 15 is 0 Å². The topological polar surface area (TPSA) is 170 Å². The van der Waals surface area contributed by atoms with E-state index in [1.807, 2.05) is 24.3 Å². The summed E-state index contributed by atoms with van der Waals surface area (Å²) >= 11 is 2.17. The van der Waals surface area contributed by atoms with E-state index in [-0.39, 0.29) is 18.1 Å². The molecule has 3 aromatic carbocycles. The van der Waals surface area contributed by atoms with Crippen LogP contribution in [0.25, 0.3) is 0 Å². The molecule has 3 aromatic rings. The van der Waals surface area contributed by atoms with Crippen LogP contribution in [0.2, 0.25) is 0 Å². The summed E-state index contributed by atoms with van der Waals surface area (Å²) < 4.78 is 53.2. The molecular formula is C39H39FINO13. The summed E-state index contributed by atoms with van der Waals surface area (Å²) in [6.45, 7) is 4.55. The summed E-state index contributed by atoms with van der Waals surface area (Å²) in [6, 6.07) is 19.3. The first-order valence-electron chi connectivity index (χ1n) is 17.2. The number of amides is 1. The molecule has 1 amide bonds. The number of esters is 5. The molecule has 5 rings (SSSR count). The number of hydrogen-bond acceptors (Lipinski definition) is 13. The van der Waals surface area contributed by atoms with Gasteiger partial charge in [-0.25, -0.2) is 9.18 Å². The molecule has 2 aliphatic heterocycles. The fraction of sp³-hybridized carbons (Fsp3) is 0.385. The third-order valence-electron chi connectivity index (χ3n) is 8.92. The van der Waals surface area contributed by atoms with E-state index < -0.39 is 84.4 Å². The number of halogens is 2. The lowest BCUT2D eigenvalue weighted by atomic mass is 9.78. The second-order valence-corrected chi connectivity index (χ2v) is 14.1. The fourth-order valence-corrected chi connectivity index (χ4v) is 7.02. The third-order valence-corrected chi connectivity index (χ3v) is 9.64. The van der Waals surface area contributed by atoms with Crippen molar-refractivity contribution in [2.75, 3.05) is 12.0 Å². The highest BCUT2D eigenvalue weighted by Gasteiger charge is 2.56. The predicted molar refractivity (Wildman–Crippen MR) is 197 cm³/mol. The van der Waals surface area contributed by atoms with Gasteiger partial charge < -0.3 is 38.1 Å². The molecule has 0 aromatic heterocycles. The van der Waals surface area contributed by atoms with Crippen molar-refractivity contribution in [1.29, 1.82) is 0 Å². The van der Waals surface area contributed by atoms with Crippen molar-refractivity contribution in [2.24, 2.45) is 5.92 Å². The minimum absolute atomic E-state index is 0.139. The predicted octanol–water partition coefficient (Wildman–Crippen LogP) is 5.29. The Morgan fingerprint density at radius 3 is 1.93 bits per heavy atom. The van der Waals surface area contributed by atoms with Gasteiger partial charge in [0, 0.05) is 37.0 Å². The van der Waals surface area contributed by atoms with Crippen LogP contribution in [0.1, 0.15) is 63.8 Å². The molecule has 2 heterocycles. The summed E-state index contributed by atoms with van der Waals surface area (Å²) in [5.74, 6) is -4.87. The summed E-state index contributed by atoms with van der Waals surface area (Å²) in [7, 11) is 1.08. The van der Waals surface area contributed by atoms with E-state index in [2.05, 4.69) is 22.6 Å². The van der Waals surface area contributed by atoms with Gasteiger partial charge in [-0.05, 0) is 95.1 Å². The van der Waals surface area contributed by atoms with Crippen molar-refractivity contribution in [1.82, 2.24) is 0 Å². The summed E-state index contributed by atoms with van der Waals surface area (Å²) in [6.07, 6.45) is -7.86. The molecule has 2 fully saturated rings. The Morgan fingerprint density at radius 2 is 1.36 bits per heavy atom. The summed E-state index contributed by atoms with van der Waals surface area (Å²) in [4.78, 5) is 76.7. The van der Waals surface area contributed by atoms with Crippen molar-refractivity contribution in [3.05, 3.63) is 93.3 Å². The third kappa shape index (κ3) is 9.96. The number of rotatable bonds is 13. The molecule has 0 N–H and O–H groups in total. The van der Waals surface area contributed by atoms with Crippen LogP contribution in [-0.4, -0.2) is 73.6 Å². The van der Waals surface area contributed by atoms with Crippen LogP contribution in [0.5, 0.6) is 5.75 Å². The van der Waals surface area contributed by atoms with E-state index in [1.165, 1.54) is 19.1 Å². The maximum Gasteiger partial charge on any atom is 0.339 e. The van der Waals surface area contributed by atoms with E-state index in [9.17, 15) is 33.2 Å². The number of carbonyl (C=O) groups is 6. The van der Waals surface area contributed by atoms with E-state index in [0.717, 1.165) is 37.0 Å². The number of benzene rings is 3. The molecule has 14 nitrogen and oxygen atoms in total. The highest BCUT2D eigenvalue weighted by Crippen LogP contribution is 2.47. The van der Waals surface area contributed by atoms with Crippen LogP contribution in [0.15, 0.2) is 72.8 Å². The quantitative estimate of drug-likeness (QED) is 0.0941. The highest BCUT2D eigenvalue weighted by molar-refractivity contribution is 14.1. The van der Waals surface area contributed by atoms with Gasteiger partial charge >= 0.3 is 29.8 Å². The molecule has 0 saturated carbocycles. The average Bonchev–Trinajstić information content (AvgIpc) is 3.13. The molecule has 2 saturated heterocycles. The maximum absolute atomic E-state index is 13.8. The Labute approximate surface area is 329 Å². The van der Waals surface area contributed by atoms with Gasteiger partial charge in [0.2, 0.25) is 18.3 Å². The molecular weight excluding hydrogens is 836 g/mol. The largest absolute Gasteiger partial charge is 0.467 e. The zero-order valence-corrected chi connectivity index (χ0v) is 32.6. The first-order chi connectivity index (χ1) is 26.2. The monoisotopic (exact) mass is 875 g/mol. The van der Waals surface area contributed by atoms with Crippen molar-refractivity contribution < 1.29 is 66.3 Å². The SMILES string of the molecule is COC(=O)[C@H]1O[C@@H](Oc2ccc([C@@H]3C(CC[C@H](OC(C)=O)c4ccc(F)cc4)C(=O)N3c3ccc(I)cc3)cc2)C(OC(C)=O)[C@@H](OC(C)=O)[C@@H]1OC(C)=O. The lowest BCUT2D eigenvalue weighted by Crippen LogP contribution is -2.64. The number of hydrogen-bond donors (Lipinski definition) is 0. The lowest BCUT2D eigenvalue weighted by Gasteiger charge is -2.48. The highest BCUT2D eigenvalue weighted by atomic mass is 127. The number of nitrogens with zero attached hydrogens (tertiary/aromatic N) is 1. The number of β-lactam (4-membered cyclic amide) rings is 1. The standard InChI is InChI=1S/C39H39FINO13/c1-20(43)50-31(24-6-10-26(40)11-7-24)19-18-30-32(42(37(30)47)28-14-12-27(41)13-15-28)25-8-16-29(17-9-25)54-39-36(53-23(4)46)34(52-22(3)45)33(51-21(2)44)35(55-39)38(48)49-5/h6-17,30-36,39H,18-19H2,1-5H3/t30?,31-,32+,33-,34-,35-,36?,39+/m0/s1. The van der Waals surface area contributed by atoms with E-state index in [4.69, 9.17) is 33.2 Å². The first-order valence-corrected chi connectivity index (χ1v) is 18.3. The van der Waals surface area contributed by atoms with Crippen LogP contribution in [0.3, 0.4) is 0 Å². The fourth-order valence-electron chi connectivity index (χ4n) is 6.66. The molecule has 0 radical (unpaired) electrons. The zero-order chi connectivity index (χ0) is 40.0. The number of ether oxygens (including phenoxy) is 7. The van der Waals surface area contributed by atoms with Gasteiger partial charge in [-0.3, -0.25) is 24.0 Å². The Kier molecular flexibility index (Phi) is 13.5. The molecule has 55 heavy (non-hydrogen) atoms. The van der Waals surface area contributed by atoms with Crippen molar-refractivity contribution in [2.45, 2.75) is 83.4 Å². The molecule has 2 unspecified atom stereocenters. The van der Waals surface area contributed by atoms with Crippen LogP contribution in [0.4, 0.5) is 10.1 Å². The van der Waals surface area contributed by atoms with Crippen LogP contribution in [-0.2, 0) is 57.2 Å². The van der Waals surface area contributed by atoms with Gasteiger partial charge in [-0.15, -0.1) is 0 Å². The minimum atomic E-state index is -1.63. The van der Waals surface area contributed by atoms with Gasteiger partial charge in [0.1, 0.15) is 17.7 Å². The molecule has 292 valence electrons. The van der Waals surface area contributed by atoms with Gasteiger partial charge in [-0.2, -0.15) is 0 Å². The Morgan fingerprint density at radius 1 is 0.782 bits per heavy atom. The molecule has 0 bridgehead atoms. The van der Waals surface area contributed by atoms with Crippen molar-refractivity contribution in [3.8, 4) is 5.75 Å². The Balaban J connectivity index is 1.43. The van der Waals surface area contributed by atoms with Crippen LogP contribution in [0, 0.1) is 15.3 Å². The Bertz CT molecular complexity index is 1890. The average molecular weight is 876 g/mol.